The largest absolute Gasteiger partial charge is 0.477 e. The summed E-state index contributed by atoms with van der Waals surface area (Å²) in [6.45, 7) is 3.91. The molecular formula is C11H15NO3. The van der Waals surface area contributed by atoms with Crippen molar-refractivity contribution in [3.63, 3.8) is 0 Å². The number of Topliss-reactive ketones (excluding diaryl/α,β-unsaturated/α-hetero) is 1. The minimum absolute atomic E-state index is 0.0139. The number of ketones is 1. The lowest BCUT2D eigenvalue weighted by atomic mass is 10.1. The zero-order valence-electron chi connectivity index (χ0n) is 9.15. The van der Waals surface area contributed by atoms with Crippen molar-refractivity contribution >= 4 is 11.8 Å². The first-order valence-electron chi connectivity index (χ1n) is 4.85. The quantitative estimate of drug-likeness (QED) is 0.771. The Balaban J connectivity index is 2.96. The van der Waals surface area contributed by atoms with Gasteiger partial charge in [-0.25, -0.2) is 4.79 Å². The molecule has 82 valence electrons. The SMILES string of the molecule is CC(C)CC(=O)c1ccc(C(=O)O)n1C. The van der Waals surface area contributed by atoms with E-state index >= 15 is 0 Å². The normalized spacial score (nSPS) is 10.7. The molecule has 4 heteroatoms. The summed E-state index contributed by atoms with van der Waals surface area (Å²) in [7, 11) is 1.59. The maximum absolute atomic E-state index is 11.7. The number of aromatic nitrogens is 1. The average molecular weight is 209 g/mol. The van der Waals surface area contributed by atoms with Crippen LogP contribution in [0.3, 0.4) is 0 Å². The summed E-state index contributed by atoms with van der Waals surface area (Å²) in [6.07, 6.45) is 0.441. The van der Waals surface area contributed by atoms with Crippen LogP contribution in [0.2, 0.25) is 0 Å². The molecule has 0 unspecified atom stereocenters. The van der Waals surface area contributed by atoms with E-state index in [9.17, 15) is 9.59 Å². The number of hydrogen-bond donors (Lipinski definition) is 1. The van der Waals surface area contributed by atoms with Crippen molar-refractivity contribution in [2.45, 2.75) is 20.3 Å². The van der Waals surface area contributed by atoms with Crippen LogP contribution in [0.1, 0.15) is 41.2 Å². The van der Waals surface area contributed by atoms with Gasteiger partial charge in [0.05, 0.1) is 5.69 Å². The monoisotopic (exact) mass is 209 g/mol. The Morgan fingerprint density at radius 2 is 1.87 bits per heavy atom. The predicted molar refractivity (Wildman–Crippen MR) is 56.2 cm³/mol. The summed E-state index contributed by atoms with van der Waals surface area (Å²) in [4.78, 5) is 22.4. The molecule has 0 aromatic carbocycles. The van der Waals surface area contributed by atoms with Crippen LogP contribution in [-0.2, 0) is 7.05 Å². The maximum Gasteiger partial charge on any atom is 0.352 e. The third-order valence-electron chi connectivity index (χ3n) is 2.22. The number of carbonyl (C=O) groups is 2. The summed E-state index contributed by atoms with van der Waals surface area (Å²) >= 11 is 0. The predicted octanol–water partition coefficient (Wildman–Crippen LogP) is 1.95. The Morgan fingerprint density at radius 3 is 2.27 bits per heavy atom. The molecule has 15 heavy (non-hydrogen) atoms. The van der Waals surface area contributed by atoms with E-state index in [4.69, 9.17) is 5.11 Å². The summed E-state index contributed by atoms with van der Waals surface area (Å²) < 4.78 is 1.42. The Kier molecular flexibility index (Phi) is 3.29. The highest BCUT2D eigenvalue weighted by atomic mass is 16.4. The number of carboxylic acids is 1. The molecule has 0 aliphatic heterocycles. The van der Waals surface area contributed by atoms with E-state index in [1.807, 2.05) is 13.8 Å². The molecule has 0 aliphatic carbocycles. The standard InChI is InChI=1S/C11H15NO3/c1-7(2)6-10(13)8-4-5-9(11(14)15)12(8)3/h4-5,7H,6H2,1-3H3,(H,14,15). The van der Waals surface area contributed by atoms with E-state index in [0.717, 1.165) is 0 Å². The Bertz CT molecular complexity index is 391. The first-order chi connectivity index (χ1) is 6.93. The number of aromatic carboxylic acids is 1. The summed E-state index contributed by atoms with van der Waals surface area (Å²) in [6, 6.07) is 3.02. The number of hydrogen-bond acceptors (Lipinski definition) is 2. The van der Waals surface area contributed by atoms with E-state index in [-0.39, 0.29) is 17.4 Å². The lowest BCUT2D eigenvalue weighted by Gasteiger charge is -2.06. The number of nitrogens with zero attached hydrogens (tertiary/aromatic N) is 1. The van der Waals surface area contributed by atoms with Gasteiger partial charge in [0.2, 0.25) is 0 Å². The van der Waals surface area contributed by atoms with E-state index < -0.39 is 5.97 Å². The van der Waals surface area contributed by atoms with Crippen LogP contribution in [0, 0.1) is 5.92 Å². The third-order valence-corrected chi connectivity index (χ3v) is 2.22. The molecule has 0 saturated heterocycles. The van der Waals surface area contributed by atoms with Gasteiger partial charge in [-0.2, -0.15) is 0 Å². The molecule has 1 heterocycles. The van der Waals surface area contributed by atoms with Gasteiger partial charge in [0.25, 0.3) is 0 Å². The Morgan fingerprint density at radius 1 is 1.33 bits per heavy atom. The van der Waals surface area contributed by atoms with Crippen molar-refractivity contribution in [1.82, 2.24) is 4.57 Å². The molecule has 1 aromatic rings. The first-order valence-corrected chi connectivity index (χ1v) is 4.85. The lowest BCUT2D eigenvalue weighted by Crippen LogP contribution is -2.12. The highest BCUT2D eigenvalue weighted by Gasteiger charge is 2.16. The number of rotatable bonds is 4. The van der Waals surface area contributed by atoms with Crippen LogP contribution in [0.4, 0.5) is 0 Å². The fraction of sp³-hybridized carbons (Fsp3) is 0.455. The summed E-state index contributed by atoms with van der Waals surface area (Å²) in [5.41, 5.74) is 0.600. The second-order valence-electron chi connectivity index (χ2n) is 3.99. The third kappa shape index (κ3) is 2.46. The van der Waals surface area contributed by atoms with Crippen molar-refractivity contribution < 1.29 is 14.7 Å². The minimum atomic E-state index is -1.01. The summed E-state index contributed by atoms with van der Waals surface area (Å²) in [5, 5.41) is 8.81. The molecule has 0 bridgehead atoms. The van der Waals surface area contributed by atoms with Gasteiger partial charge in [-0.3, -0.25) is 4.79 Å². The molecule has 0 atom stereocenters. The van der Waals surface area contributed by atoms with Gasteiger partial charge >= 0.3 is 5.97 Å². The van der Waals surface area contributed by atoms with Gasteiger partial charge in [0.1, 0.15) is 5.69 Å². The van der Waals surface area contributed by atoms with Gasteiger partial charge in [-0.1, -0.05) is 13.8 Å². The van der Waals surface area contributed by atoms with Crippen LogP contribution >= 0.6 is 0 Å². The van der Waals surface area contributed by atoms with Crippen LogP contribution in [-0.4, -0.2) is 21.4 Å². The van der Waals surface area contributed by atoms with Crippen molar-refractivity contribution in [3.8, 4) is 0 Å². The van der Waals surface area contributed by atoms with E-state index in [1.165, 1.54) is 10.6 Å². The highest BCUT2D eigenvalue weighted by molar-refractivity contribution is 5.97. The first kappa shape index (κ1) is 11.5. The van der Waals surface area contributed by atoms with E-state index in [2.05, 4.69) is 0 Å². The zero-order chi connectivity index (χ0) is 11.6. The Labute approximate surface area is 88.5 Å². The topological polar surface area (TPSA) is 59.3 Å². The van der Waals surface area contributed by atoms with Crippen molar-refractivity contribution in [1.29, 1.82) is 0 Å². The molecular weight excluding hydrogens is 194 g/mol. The van der Waals surface area contributed by atoms with Crippen LogP contribution in [0.15, 0.2) is 12.1 Å². The fourth-order valence-electron chi connectivity index (χ4n) is 1.48. The van der Waals surface area contributed by atoms with Crippen molar-refractivity contribution in [2.24, 2.45) is 13.0 Å². The second-order valence-corrected chi connectivity index (χ2v) is 3.99. The van der Waals surface area contributed by atoms with Crippen LogP contribution in [0.25, 0.3) is 0 Å². The number of carboxylic acid groups (broad SMARTS) is 1. The second kappa shape index (κ2) is 4.29. The maximum atomic E-state index is 11.7. The van der Waals surface area contributed by atoms with Gasteiger partial charge < -0.3 is 9.67 Å². The molecule has 1 N–H and O–H groups in total. The lowest BCUT2D eigenvalue weighted by molar-refractivity contribution is 0.0686. The smallest absolute Gasteiger partial charge is 0.352 e. The molecule has 0 radical (unpaired) electrons. The summed E-state index contributed by atoms with van der Waals surface area (Å²) in [5.74, 6) is -0.748. The molecule has 0 aliphatic rings. The molecule has 1 aromatic heterocycles. The molecule has 0 saturated carbocycles. The molecule has 4 nitrogen and oxygen atoms in total. The van der Waals surface area contributed by atoms with Crippen LogP contribution < -0.4 is 0 Å². The van der Waals surface area contributed by atoms with Crippen molar-refractivity contribution in [2.75, 3.05) is 0 Å². The molecule has 0 fully saturated rings. The highest BCUT2D eigenvalue weighted by Crippen LogP contribution is 2.12. The fourth-order valence-corrected chi connectivity index (χ4v) is 1.48. The molecule has 0 spiro atoms. The van der Waals surface area contributed by atoms with Crippen molar-refractivity contribution in [3.05, 3.63) is 23.5 Å². The Hall–Kier alpha value is -1.58. The minimum Gasteiger partial charge on any atom is -0.477 e. The molecule has 1 rings (SSSR count). The van der Waals surface area contributed by atoms with E-state index in [1.54, 1.807) is 13.1 Å². The average Bonchev–Trinajstić information content (AvgIpc) is 2.45. The van der Waals surface area contributed by atoms with E-state index in [0.29, 0.717) is 12.1 Å². The van der Waals surface area contributed by atoms with Gasteiger partial charge in [0, 0.05) is 13.5 Å². The number of carbonyl (C=O) groups excluding carboxylic acids is 1. The van der Waals surface area contributed by atoms with Gasteiger partial charge in [-0.15, -0.1) is 0 Å². The molecule has 0 amide bonds. The van der Waals surface area contributed by atoms with Gasteiger partial charge in [0.15, 0.2) is 5.78 Å². The van der Waals surface area contributed by atoms with Gasteiger partial charge in [-0.05, 0) is 18.1 Å². The zero-order valence-corrected chi connectivity index (χ0v) is 9.15. The van der Waals surface area contributed by atoms with Crippen LogP contribution in [0.5, 0.6) is 0 Å².